The molecular weight excluding hydrogens is 328 g/mol. The van der Waals surface area contributed by atoms with E-state index in [0.717, 1.165) is 42.4 Å². The highest BCUT2D eigenvalue weighted by Crippen LogP contribution is 2.20. The van der Waals surface area contributed by atoms with Gasteiger partial charge in [0.05, 0.1) is 17.3 Å². The summed E-state index contributed by atoms with van der Waals surface area (Å²) in [5.41, 5.74) is 1.94. The first-order chi connectivity index (χ1) is 11.4. The van der Waals surface area contributed by atoms with E-state index in [1.165, 1.54) is 4.31 Å². The number of nitrogens with zero attached hydrogens (tertiary/aromatic N) is 2. The number of carbonyl (C=O) groups is 1. The van der Waals surface area contributed by atoms with E-state index in [9.17, 15) is 13.2 Å². The van der Waals surface area contributed by atoms with E-state index in [2.05, 4.69) is 15.3 Å². The fourth-order valence-corrected chi connectivity index (χ4v) is 4.23. The van der Waals surface area contributed by atoms with Gasteiger partial charge in [0, 0.05) is 19.5 Å². The molecule has 3 rings (SSSR count). The lowest BCUT2D eigenvalue weighted by Gasteiger charge is -2.21. The van der Waals surface area contributed by atoms with Crippen molar-refractivity contribution in [1.29, 1.82) is 0 Å². The molecule has 0 unspecified atom stereocenters. The maximum Gasteiger partial charge on any atom is 0.238 e. The number of para-hydroxylation sites is 2. The van der Waals surface area contributed by atoms with Crippen molar-refractivity contribution in [3.05, 3.63) is 30.1 Å². The number of H-pyrrole nitrogens is 1. The van der Waals surface area contributed by atoms with Crippen LogP contribution in [0, 0.1) is 0 Å². The number of benzene rings is 1. The molecule has 1 atom stereocenters. The van der Waals surface area contributed by atoms with E-state index >= 15 is 0 Å². The summed E-state index contributed by atoms with van der Waals surface area (Å²) >= 11 is 0. The zero-order valence-electron chi connectivity index (χ0n) is 13.7. The first-order valence-electron chi connectivity index (χ1n) is 8.13. The smallest absolute Gasteiger partial charge is 0.238 e. The largest absolute Gasteiger partial charge is 0.355 e. The molecule has 2 heterocycles. The van der Waals surface area contributed by atoms with E-state index in [1.54, 1.807) is 0 Å². The maximum absolute atomic E-state index is 12.2. The molecular formula is C16H22N4O3S. The van der Waals surface area contributed by atoms with Crippen molar-refractivity contribution in [3.8, 4) is 0 Å². The number of rotatable bonds is 6. The molecule has 24 heavy (non-hydrogen) atoms. The number of sulfonamides is 1. The van der Waals surface area contributed by atoms with Crippen LogP contribution in [0.1, 0.15) is 25.1 Å². The van der Waals surface area contributed by atoms with Gasteiger partial charge in [-0.25, -0.2) is 13.4 Å². The fourth-order valence-electron chi connectivity index (χ4n) is 3.11. The van der Waals surface area contributed by atoms with Crippen LogP contribution in [0.3, 0.4) is 0 Å². The highest BCUT2D eigenvalue weighted by Gasteiger charge is 2.36. The molecule has 0 saturated carbocycles. The molecule has 130 valence electrons. The second-order valence-electron chi connectivity index (χ2n) is 6.13. The third-order valence-electron chi connectivity index (χ3n) is 4.26. The Bertz CT molecular complexity index is 798. The van der Waals surface area contributed by atoms with Crippen molar-refractivity contribution in [2.45, 2.75) is 31.7 Å². The Hall–Kier alpha value is -1.93. The minimum Gasteiger partial charge on any atom is -0.355 e. The zero-order valence-corrected chi connectivity index (χ0v) is 14.5. The van der Waals surface area contributed by atoms with Crippen LogP contribution >= 0.6 is 0 Å². The lowest BCUT2D eigenvalue weighted by atomic mass is 10.2. The van der Waals surface area contributed by atoms with Gasteiger partial charge in [-0.05, 0) is 31.4 Å². The number of fused-ring (bicyclic) bond motifs is 1. The molecule has 1 saturated heterocycles. The van der Waals surface area contributed by atoms with Crippen LogP contribution in [0.25, 0.3) is 11.0 Å². The Balaban J connectivity index is 1.48. The van der Waals surface area contributed by atoms with Gasteiger partial charge >= 0.3 is 0 Å². The van der Waals surface area contributed by atoms with Crippen molar-refractivity contribution >= 4 is 27.0 Å². The molecule has 1 aliphatic rings. The average Bonchev–Trinajstić information content (AvgIpc) is 3.16. The maximum atomic E-state index is 12.2. The van der Waals surface area contributed by atoms with Crippen LogP contribution in [0.4, 0.5) is 0 Å². The first-order valence-corrected chi connectivity index (χ1v) is 9.98. The molecule has 1 aromatic carbocycles. The summed E-state index contributed by atoms with van der Waals surface area (Å²) in [5.74, 6) is 0.687. The van der Waals surface area contributed by atoms with Crippen molar-refractivity contribution in [2.75, 3.05) is 19.3 Å². The third-order valence-corrected chi connectivity index (χ3v) is 5.55. The second-order valence-corrected chi connectivity index (χ2v) is 8.06. The predicted octanol–water partition coefficient (Wildman–Crippen LogP) is 1.04. The lowest BCUT2D eigenvalue weighted by Crippen LogP contribution is -2.45. The molecule has 0 bridgehead atoms. The quantitative estimate of drug-likeness (QED) is 0.761. The number of aromatic nitrogens is 2. The second kappa shape index (κ2) is 6.90. The summed E-state index contributed by atoms with van der Waals surface area (Å²) in [4.78, 5) is 20.0. The summed E-state index contributed by atoms with van der Waals surface area (Å²) < 4.78 is 24.7. The van der Waals surface area contributed by atoms with E-state index in [4.69, 9.17) is 0 Å². The number of imidazole rings is 1. The van der Waals surface area contributed by atoms with Gasteiger partial charge in [0.25, 0.3) is 0 Å². The average molecular weight is 350 g/mol. The Morgan fingerprint density at radius 2 is 2.21 bits per heavy atom. The van der Waals surface area contributed by atoms with Gasteiger partial charge in [0.2, 0.25) is 15.9 Å². The van der Waals surface area contributed by atoms with Crippen LogP contribution in [-0.4, -0.2) is 54.0 Å². The Labute approximate surface area is 141 Å². The molecule has 2 N–H and O–H groups in total. The monoisotopic (exact) mass is 350 g/mol. The normalized spacial score (nSPS) is 19.0. The van der Waals surface area contributed by atoms with Gasteiger partial charge in [0.15, 0.2) is 0 Å². The predicted molar refractivity (Wildman–Crippen MR) is 92.0 cm³/mol. The molecule has 1 aliphatic heterocycles. The number of nitrogens with one attached hydrogen (secondary N) is 2. The highest BCUT2D eigenvalue weighted by molar-refractivity contribution is 7.88. The summed E-state index contributed by atoms with van der Waals surface area (Å²) in [6.07, 6.45) is 3.94. The van der Waals surface area contributed by atoms with Crippen LogP contribution in [0.2, 0.25) is 0 Å². The van der Waals surface area contributed by atoms with E-state index < -0.39 is 16.1 Å². The van der Waals surface area contributed by atoms with Gasteiger partial charge in [0.1, 0.15) is 11.9 Å². The lowest BCUT2D eigenvalue weighted by molar-refractivity contribution is -0.124. The molecule has 1 fully saturated rings. The molecule has 2 aromatic rings. The van der Waals surface area contributed by atoms with Gasteiger partial charge < -0.3 is 10.3 Å². The summed E-state index contributed by atoms with van der Waals surface area (Å²) in [6.45, 7) is 0.930. The van der Waals surface area contributed by atoms with E-state index in [1.807, 2.05) is 24.3 Å². The van der Waals surface area contributed by atoms with Gasteiger partial charge in [-0.15, -0.1) is 0 Å². The van der Waals surface area contributed by atoms with E-state index in [0.29, 0.717) is 19.5 Å². The van der Waals surface area contributed by atoms with Gasteiger partial charge in [-0.3, -0.25) is 4.79 Å². The summed E-state index contributed by atoms with van der Waals surface area (Å²) in [7, 11) is -3.33. The summed E-state index contributed by atoms with van der Waals surface area (Å²) in [5, 5.41) is 2.84. The van der Waals surface area contributed by atoms with Crippen LogP contribution < -0.4 is 5.32 Å². The number of aromatic amines is 1. The van der Waals surface area contributed by atoms with Crippen molar-refractivity contribution in [1.82, 2.24) is 19.6 Å². The first kappa shape index (κ1) is 16.9. The topological polar surface area (TPSA) is 95.2 Å². The van der Waals surface area contributed by atoms with Crippen molar-refractivity contribution in [3.63, 3.8) is 0 Å². The Morgan fingerprint density at radius 3 is 2.96 bits per heavy atom. The molecule has 0 spiro atoms. The van der Waals surface area contributed by atoms with Crippen LogP contribution in [-0.2, 0) is 21.2 Å². The van der Waals surface area contributed by atoms with Crippen molar-refractivity contribution in [2.24, 2.45) is 0 Å². The molecule has 1 amide bonds. The van der Waals surface area contributed by atoms with Crippen LogP contribution in [0.5, 0.6) is 0 Å². The SMILES string of the molecule is CS(=O)(=O)N1CCC[C@H]1C(=O)NCCCc1nc2ccccc2[nH]1. The Kier molecular flexibility index (Phi) is 4.86. The molecule has 0 aliphatic carbocycles. The molecule has 8 heteroatoms. The molecule has 0 radical (unpaired) electrons. The third kappa shape index (κ3) is 3.76. The minimum absolute atomic E-state index is 0.206. The van der Waals surface area contributed by atoms with Crippen LogP contribution in [0.15, 0.2) is 24.3 Å². The number of carbonyl (C=O) groups excluding carboxylic acids is 1. The molecule has 1 aromatic heterocycles. The number of amides is 1. The van der Waals surface area contributed by atoms with Gasteiger partial charge in [-0.1, -0.05) is 12.1 Å². The zero-order chi connectivity index (χ0) is 17.2. The standard InChI is InChI=1S/C16H22N4O3S/c1-24(22,23)20-11-5-8-14(20)16(21)17-10-4-9-15-18-12-6-2-3-7-13(12)19-15/h2-3,6-7,14H,4-5,8-11H2,1H3,(H,17,21)(H,18,19)/t14-/m0/s1. The number of aryl methyl sites for hydroxylation is 1. The summed E-state index contributed by atoms with van der Waals surface area (Å²) in [6, 6.07) is 7.28. The Morgan fingerprint density at radius 1 is 1.42 bits per heavy atom. The number of hydrogen-bond acceptors (Lipinski definition) is 4. The van der Waals surface area contributed by atoms with Crippen molar-refractivity contribution < 1.29 is 13.2 Å². The molecule has 7 nitrogen and oxygen atoms in total. The van der Waals surface area contributed by atoms with E-state index in [-0.39, 0.29) is 5.91 Å². The van der Waals surface area contributed by atoms with Gasteiger partial charge in [-0.2, -0.15) is 4.31 Å². The fraction of sp³-hybridized carbons (Fsp3) is 0.500. The minimum atomic E-state index is -3.33. The number of hydrogen-bond donors (Lipinski definition) is 2. The highest BCUT2D eigenvalue weighted by atomic mass is 32.2.